The van der Waals surface area contributed by atoms with E-state index in [0.717, 1.165) is 23.4 Å². The van der Waals surface area contributed by atoms with Gasteiger partial charge in [-0.05, 0) is 46.0 Å². The fourth-order valence-corrected chi connectivity index (χ4v) is 4.02. The van der Waals surface area contributed by atoms with E-state index < -0.39 is 0 Å². The maximum atomic E-state index is 12.5. The average Bonchev–Trinajstić information content (AvgIpc) is 3.02. The van der Waals surface area contributed by atoms with Gasteiger partial charge in [0.1, 0.15) is 5.76 Å². The fourth-order valence-electron chi connectivity index (χ4n) is 4.02. The van der Waals surface area contributed by atoms with Crippen LogP contribution in [0, 0.1) is 19.8 Å². The van der Waals surface area contributed by atoms with Crippen LogP contribution in [-0.4, -0.2) is 23.1 Å². The van der Waals surface area contributed by atoms with E-state index in [4.69, 9.17) is 4.52 Å². The average molecular weight is 291 g/mol. The Morgan fingerprint density at radius 3 is 2.81 bits per heavy atom. The molecule has 1 aliphatic heterocycles. The first kappa shape index (κ1) is 14.6. The van der Waals surface area contributed by atoms with E-state index in [1.807, 2.05) is 20.8 Å². The van der Waals surface area contributed by atoms with E-state index in [0.29, 0.717) is 12.0 Å². The maximum absolute atomic E-state index is 12.5. The summed E-state index contributed by atoms with van der Waals surface area (Å²) in [4.78, 5) is 12.5. The lowest BCUT2D eigenvalue weighted by molar-refractivity contribution is -0.123. The molecule has 0 spiro atoms. The Balaban J connectivity index is 1.62. The zero-order valence-electron chi connectivity index (χ0n) is 13.1. The molecule has 2 aliphatic rings. The molecule has 1 saturated heterocycles. The zero-order valence-corrected chi connectivity index (χ0v) is 13.1. The van der Waals surface area contributed by atoms with E-state index in [2.05, 4.69) is 15.8 Å². The molecule has 1 amide bonds. The number of hydrogen-bond acceptors (Lipinski definition) is 4. The summed E-state index contributed by atoms with van der Waals surface area (Å²) in [6.07, 6.45) is 6.06. The highest BCUT2D eigenvalue weighted by atomic mass is 16.5. The summed E-state index contributed by atoms with van der Waals surface area (Å²) in [5.41, 5.74) is 1.85. The summed E-state index contributed by atoms with van der Waals surface area (Å²) < 4.78 is 5.18. The molecular weight excluding hydrogens is 266 g/mol. The monoisotopic (exact) mass is 291 g/mol. The first-order valence-electron chi connectivity index (χ1n) is 8.05. The van der Waals surface area contributed by atoms with Gasteiger partial charge in [-0.3, -0.25) is 4.79 Å². The number of carbonyl (C=O) groups is 1. The summed E-state index contributed by atoms with van der Waals surface area (Å²) >= 11 is 0. The maximum Gasteiger partial charge on any atom is 0.237 e. The number of rotatable bonds is 3. The Morgan fingerprint density at radius 1 is 1.38 bits per heavy atom. The van der Waals surface area contributed by atoms with Crippen LogP contribution in [-0.2, 0) is 4.79 Å². The molecule has 0 radical (unpaired) electrons. The summed E-state index contributed by atoms with van der Waals surface area (Å²) in [7, 11) is 0. The van der Waals surface area contributed by atoms with Gasteiger partial charge in [-0.25, -0.2) is 0 Å². The van der Waals surface area contributed by atoms with E-state index in [9.17, 15) is 4.79 Å². The molecule has 116 valence electrons. The second-order valence-corrected chi connectivity index (χ2v) is 6.57. The highest BCUT2D eigenvalue weighted by Crippen LogP contribution is 2.33. The van der Waals surface area contributed by atoms with Gasteiger partial charge in [-0.15, -0.1) is 0 Å². The second kappa shape index (κ2) is 5.79. The molecule has 5 nitrogen and oxygen atoms in total. The number of nitrogens with zero attached hydrogens (tertiary/aromatic N) is 1. The molecule has 2 heterocycles. The Bertz CT molecular complexity index is 492. The van der Waals surface area contributed by atoms with E-state index in [1.165, 1.54) is 25.7 Å². The van der Waals surface area contributed by atoms with Crippen molar-refractivity contribution in [1.29, 1.82) is 0 Å². The molecule has 4 atom stereocenters. The Hall–Kier alpha value is -1.36. The predicted octanol–water partition coefficient (Wildman–Crippen LogP) is 2.39. The van der Waals surface area contributed by atoms with Crippen LogP contribution in [0.4, 0.5) is 0 Å². The number of aryl methyl sites for hydroxylation is 2. The van der Waals surface area contributed by atoms with Gasteiger partial charge in [0.25, 0.3) is 0 Å². The highest BCUT2D eigenvalue weighted by molar-refractivity contribution is 5.82. The van der Waals surface area contributed by atoms with Gasteiger partial charge in [-0.1, -0.05) is 18.0 Å². The smallest absolute Gasteiger partial charge is 0.237 e. The topological polar surface area (TPSA) is 67.2 Å². The summed E-state index contributed by atoms with van der Waals surface area (Å²) in [6.45, 7) is 5.80. The van der Waals surface area contributed by atoms with Crippen molar-refractivity contribution in [1.82, 2.24) is 15.8 Å². The van der Waals surface area contributed by atoms with Crippen LogP contribution in [0.5, 0.6) is 0 Å². The number of amides is 1. The second-order valence-electron chi connectivity index (χ2n) is 6.57. The molecule has 1 saturated carbocycles. The summed E-state index contributed by atoms with van der Waals surface area (Å²) in [6, 6.07) is 0.443. The Morgan fingerprint density at radius 2 is 2.14 bits per heavy atom. The Labute approximate surface area is 125 Å². The normalized spacial score (nSPS) is 30.0. The number of fused-ring (bicyclic) bond motifs is 1. The van der Waals surface area contributed by atoms with Crippen LogP contribution in [0.25, 0.3) is 0 Å². The fraction of sp³-hybridized carbons (Fsp3) is 0.750. The lowest BCUT2D eigenvalue weighted by Gasteiger charge is -2.24. The number of aromatic nitrogens is 1. The van der Waals surface area contributed by atoms with Gasteiger partial charge >= 0.3 is 0 Å². The third-order valence-corrected chi connectivity index (χ3v) is 5.06. The van der Waals surface area contributed by atoms with Gasteiger partial charge in [0.2, 0.25) is 5.91 Å². The van der Waals surface area contributed by atoms with Gasteiger partial charge in [0.05, 0.1) is 17.8 Å². The molecule has 1 aromatic rings. The van der Waals surface area contributed by atoms with E-state index in [-0.39, 0.29) is 18.0 Å². The molecule has 0 aromatic carbocycles. The van der Waals surface area contributed by atoms with Gasteiger partial charge in [0, 0.05) is 11.6 Å². The van der Waals surface area contributed by atoms with Gasteiger partial charge in [-0.2, -0.15) is 0 Å². The van der Waals surface area contributed by atoms with Crippen molar-refractivity contribution in [2.75, 3.05) is 0 Å². The van der Waals surface area contributed by atoms with Crippen LogP contribution in [0.2, 0.25) is 0 Å². The van der Waals surface area contributed by atoms with Crippen LogP contribution in [0.1, 0.15) is 62.1 Å². The molecule has 2 N–H and O–H groups in total. The number of nitrogens with one attached hydrogen (secondary N) is 2. The Kier molecular flexibility index (Phi) is 4.02. The summed E-state index contributed by atoms with van der Waals surface area (Å²) in [5.74, 6) is 1.58. The minimum absolute atomic E-state index is 0.0407. The number of carbonyl (C=O) groups excluding carboxylic acids is 1. The van der Waals surface area contributed by atoms with Crippen molar-refractivity contribution in [2.45, 2.75) is 71.0 Å². The van der Waals surface area contributed by atoms with E-state index in [1.54, 1.807) is 0 Å². The SMILES string of the molecule is Cc1noc(C)c1C(C)NC(=O)C1CC2CCCCC2N1. The lowest BCUT2D eigenvalue weighted by Crippen LogP contribution is -2.44. The van der Waals surface area contributed by atoms with Crippen molar-refractivity contribution in [2.24, 2.45) is 5.92 Å². The van der Waals surface area contributed by atoms with E-state index >= 15 is 0 Å². The number of hydrogen-bond donors (Lipinski definition) is 2. The molecule has 3 rings (SSSR count). The third kappa shape index (κ3) is 2.84. The van der Waals surface area contributed by atoms with Crippen molar-refractivity contribution >= 4 is 5.91 Å². The quantitative estimate of drug-likeness (QED) is 0.897. The molecule has 5 heteroatoms. The van der Waals surface area contributed by atoms with Crippen LogP contribution in [0.3, 0.4) is 0 Å². The van der Waals surface area contributed by atoms with Crippen molar-refractivity contribution in [3.8, 4) is 0 Å². The highest BCUT2D eigenvalue weighted by Gasteiger charge is 2.38. The largest absolute Gasteiger partial charge is 0.361 e. The third-order valence-electron chi connectivity index (χ3n) is 5.06. The van der Waals surface area contributed by atoms with Crippen molar-refractivity contribution in [3.63, 3.8) is 0 Å². The van der Waals surface area contributed by atoms with Gasteiger partial charge < -0.3 is 15.2 Å². The predicted molar refractivity (Wildman–Crippen MR) is 79.8 cm³/mol. The zero-order chi connectivity index (χ0) is 15.0. The lowest BCUT2D eigenvalue weighted by atomic mass is 9.85. The van der Waals surface area contributed by atoms with Crippen LogP contribution in [0.15, 0.2) is 4.52 Å². The standard InChI is InChI=1S/C16H25N3O2/c1-9(15-10(2)19-21-11(15)3)17-16(20)14-8-12-6-4-5-7-13(12)18-14/h9,12-14,18H,4-8H2,1-3H3,(H,17,20). The molecule has 1 aliphatic carbocycles. The van der Waals surface area contributed by atoms with Crippen molar-refractivity contribution < 1.29 is 9.32 Å². The minimum atomic E-state index is -0.0619. The molecule has 4 unspecified atom stereocenters. The first-order valence-corrected chi connectivity index (χ1v) is 8.05. The molecule has 1 aromatic heterocycles. The molecular formula is C16H25N3O2. The molecule has 21 heavy (non-hydrogen) atoms. The van der Waals surface area contributed by atoms with Crippen molar-refractivity contribution in [3.05, 3.63) is 17.0 Å². The van der Waals surface area contributed by atoms with Gasteiger partial charge in [0.15, 0.2) is 0 Å². The molecule has 0 bridgehead atoms. The molecule has 2 fully saturated rings. The first-order chi connectivity index (χ1) is 10.1. The van der Waals surface area contributed by atoms with Crippen LogP contribution >= 0.6 is 0 Å². The van der Waals surface area contributed by atoms with Crippen LogP contribution < -0.4 is 10.6 Å². The summed E-state index contributed by atoms with van der Waals surface area (Å²) in [5, 5.41) is 10.6. The minimum Gasteiger partial charge on any atom is -0.361 e.